The molecule has 0 bridgehead atoms. The first kappa shape index (κ1) is 26.8. The highest BCUT2D eigenvalue weighted by Gasteiger charge is 2.24. The van der Waals surface area contributed by atoms with Gasteiger partial charge in [-0.1, -0.05) is 84.0 Å². The van der Waals surface area contributed by atoms with E-state index in [1.165, 1.54) is 84.0 Å². The molecular formula is C21H46NO4S+. The minimum Gasteiger partial charge on any atom is -0.285 e. The third-order valence-corrected chi connectivity index (χ3v) is 6.77. The summed E-state index contributed by atoms with van der Waals surface area (Å²) in [6, 6.07) is 0. The van der Waals surface area contributed by atoms with Crippen molar-refractivity contribution in [2.75, 3.05) is 20.1 Å². The molecule has 0 aliphatic rings. The van der Waals surface area contributed by atoms with E-state index < -0.39 is 15.4 Å². The average Bonchev–Trinajstić information content (AvgIpc) is 2.59. The predicted octanol–water partition coefficient (Wildman–Crippen LogP) is 5.97. The van der Waals surface area contributed by atoms with E-state index in [4.69, 9.17) is 4.55 Å². The normalized spacial score (nSPS) is 15.6. The van der Waals surface area contributed by atoms with E-state index in [0.29, 0.717) is 13.1 Å². The minimum absolute atomic E-state index is 0.169. The van der Waals surface area contributed by atoms with Gasteiger partial charge in [0.1, 0.15) is 13.1 Å². The number of nitrogens with zero attached hydrogens (tertiary/aromatic N) is 1. The largest absolute Gasteiger partial charge is 0.285 e. The van der Waals surface area contributed by atoms with Gasteiger partial charge < -0.3 is 0 Å². The lowest BCUT2D eigenvalue weighted by atomic mass is 10.0. The molecule has 164 valence electrons. The summed E-state index contributed by atoms with van der Waals surface area (Å²) in [5.74, 6) is 0. The SMILES string of the molecule is CCCCCCCCCCCCCCCC[N+](C)(O)CCC(C)S(=O)(=O)O. The van der Waals surface area contributed by atoms with Crippen LogP contribution in [0.1, 0.15) is 110 Å². The molecule has 0 aliphatic heterocycles. The Morgan fingerprint density at radius 2 is 1.11 bits per heavy atom. The van der Waals surface area contributed by atoms with Crippen LogP contribution in [0.5, 0.6) is 0 Å². The van der Waals surface area contributed by atoms with Crippen LogP contribution in [0, 0.1) is 0 Å². The molecule has 0 saturated carbocycles. The van der Waals surface area contributed by atoms with Crippen molar-refractivity contribution in [3.05, 3.63) is 0 Å². The summed E-state index contributed by atoms with van der Waals surface area (Å²) in [7, 11) is -2.29. The lowest BCUT2D eigenvalue weighted by Crippen LogP contribution is -2.43. The quantitative estimate of drug-likeness (QED) is 0.119. The van der Waals surface area contributed by atoms with E-state index in [0.717, 1.165) is 12.8 Å². The number of hydrogen-bond acceptors (Lipinski definition) is 3. The zero-order valence-corrected chi connectivity index (χ0v) is 19.0. The molecular weight excluding hydrogens is 362 g/mol. The van der Waals surface area contributed by atoms with Crippen LogP contribution in [0.2, 0.25) is 0 Å². The molecule has 5 nitrogen and oxygen atoms in total. The van der Waals surface area contributed by atoms with Gasteiger partial charge in [0.15, 0.2) is 0 Å². The van der Waals surface area contributed by atoms with E-state index in [1.54, 1.807) is 7.05 Å². The molecule has 0 aromatic carbocycles. The fraction of sp³-hybridized carbons (Fsp3) is 1.00. The average molecular weight is 409 g/mol. The zero-order chi connectivity index (χ0) is 20.6. The molecule has 6 heteroatoms. The van der Waals surface area contributed by atoms with E-state index >= 15 is 0 Å². The molecule has 0 heterocycles. The standard InChI is InChI=1S/C21H45NO4S/c1-4-5-6-7-8-9-10-11-12-13-14-15-16-17-19-22(3,23)20-18-21(2)27(24,25)26/h21,23H,4-20H2,1-3H3/p+1. The molecule has 0 saturated heterocycles. The number of hydrogen-bond donors (Lipinski definition) is 2. The molecule has 0 aromatic heterocycles. The minimum atomic E-state index is -4.00. The van der Waals surface area contributed by atoms with Gasteiger partial charge in [-0.15, -0.1) is 0 Å². The van der Waals surface area contributed by atoms with Crippen LogP contribution < -0.4 is 0 Å². The summed E-state index contributed by atoms with van der Waals surface area (Å²) in [5.41, 5.74) is 0. The summed E-state index contributed by atoms with van der Waals surface area (Å²) >= 11 is 0. The van der Waals surface area contributed by atoms with Crippen molar-refractivity contribution in [3.63, 3.8) is 0 Å². The van der Waals surface area contributed by atoms with Crippen LogP contribution in [0.15, 0.2) is 0 Å². The van der Waals surface area contributed by atoms with E-state index in [-0.39, 0.29) is 11.1 Å². The third kappa shape index (κ3) is 17.6. The number of quaternary nitrogens is 1. The van der Waals surface area contributed by atoms with Gasteiger partial charge in [-0.05, 0) is 19.8 Å². The van der Waals surface area contributed by atoms with Gasteiger partial charge in [0.05, 0.1) is 12.3 Å². The molecule has 0 amide bonds. The zero-order valence-electron chi connectivity index (χ0n) is 18.2. The number of hydroxylamine groups is 3. The predicted molar refractivity (Wildman–Crippen MR) is 114 cm³/mol. The first-order valence-corrected chi connectivity index (χ1v) is 12.7. The Labute approximate surface area is 168 Å². The first-order valence-electron chi connectivity index (χ1n) is 11.2. The Morgan fingerprint density at radius 1 is 0.741 bits per heavy atom. The second-order valence-electron chi connectivity index (χ2n) is 8.50. The third-order valence-electron chi connectivity index (χ3n) is 5.52. The maximum Gasteiger partial charge on any atom is 0.267 e. The summed E-state index contributed by atoms with van der Waals surface area (Å²) in [4.78, 5) is 0. The molecule has 0 spiro atoms. The summed E-state index contributed by atoms with van der Waals surface area (Å²) in [6.07, 6.45) is 18.5. The molecule has 2 atom stereocenters. The van der Waals surface area contributed by atoms with Gasteiger partial charge in [-0.2, -0.15) is 13.1 Å². The Morgan fingerprint density at radius 3 is 1.48 bits per heavy atom. The van der Waals surface area contributed by atoms with Crippen molar-refractivity contribution < 1.29 is 22.8 Å². The Balaban J connectivity index is 3.45. The van der Waals surface area contributed by atoms with Crippen molar-refractivity contribution in [3.8, 4) is 0 Å². The topological polar surface area (TPSA) is 74.6 Å². The Bertz CT molecular complexity index is 437. The van der Waals surface area contributed by atoms with Gasteiger partial charge in [0.25, 0.3) is 10.1 Å². The van der Waals surface area contributed by atoms with Crippen molar-refractivity contribution in [1.82, 2.24) is 0 Å². The van der Waals surface area contributed by atoms with Crippen LogP contribution in [-0.2, 0) is 10.1 Å². The van der Waals surface area contributed by atoms with Crippen molar-refractivity contribution in [1.29, 1.82) is 0 Å². The van der Waals surface area contributed by atoms with Crippen molar-refractivity contribution in [2.45, 2.75) is 115 Å². The van der Waals surface area contributed by atoms with Crippen LogP contribution in [-0.4, -0.2) is 48.2 Å². The fourth-order valence-electron chi connectivity index (χ4n) is 3.37. The molecule has 2 unspecified atom stereocenters. The molecule has 0 aliphatic carbocycles. The van der Waals surface area contributed by atoms with Gasteiger partial charge in [-0.25, -0.2) is 5.21 Å². The monoisotopic (exact) mass is 408 g/mol. The molecule has 27 heavy (non-hydrogen) atoms. The highest BCUT2D eigenvalue weighted by molar-refractivity contribution is 7.86. The molecule has 2 N–H and O–H groups in total. The molecule has 0 rings (SSSR count). The summed E-state index contributed by atoms with van der Waals surface area (Å²) in [5, 5.41) is 9.46. The van der Waals surface area contributed by atoms with E-state index in [9.17, 15) is 13.6 Å². The van der Waals surface area contributed by atoms with Gasteiger partial charge in [0.2, 0.25) is 0 Å². The lowest BCUT2D eigenvalue weighted by molar-refractivity contribution is -1.09. The van der Waals surface area contributed by atoms with Gasteiger partial charge in [0, 0.05) is 6.42 Å². The molecule has 0 radical (unpaired) electrons. The lowest BCUT2D eigenvalue weighted by Gasteiger charge is -2.26. The first-order chi connectivity index (χ1) is 12.7. The smallest absolute Gasteiger partial charge is 0.267 e. The van der Waals surface area contributed by atoms with Crippen molar-refractivity contribution >= 4 is 10.1 Å². The Hall–Kier alpha value is -0.170. The van der Waals surface area contributed by atoms with Crippen LogP contribution in [0.25, 0.3) is 0 Å². The second-order valence-corrected chi connectivity index (χ2v) is 10.3. The maximum atomic E-state index is 11.0. The summed E-state index contributed by atoms with van der Waals surface area (Å²) < 4.78 is 30.8. The molecule has 0 aromatic rings. The van der Waals surface area contributed by atoms with E-state index in [2.05, 4.69) is 6.92 Å². The van der Waals surface area contributed by atoms with Crippen LogP contribution >= 0.6 is 0 Å². The highest BCUT2D eigenvalue weighted by atomic mass is 32.2. The second kappa shape index (κ2) is 15.7. The Kier molecular flexibility index (Phi) is 15.6. The number of unbranched alkanes of at least 4 members (excludes halogenated alkanes) is 13. The van der Waals surface area contributed by atoms with E-state index in [1.807, 2.05) is 0 Å². The highest BCUT2D eigenvalue weighted by Crippen LogP contribution is 2.14. The van der Waals surface area contributed by atoms with Crippen molar-refractivity contribution in [2.24, 2.45) is 0 Å². The number of rotatable bonds is 19. The maximum absolute atomic E-state index is 11.0. The molecule has 0 fully saturated rings. The fourth-order valence-corrected chi connectivity index (χ4v) is 3.77. The summed E-state index contributed by atoms with van der Waals surface area (Å²) in [6.45, 7) is 4.72. The van der Waals surface area contributed by atoms with Gasteiger partial charge >= 0.3 is 0 Å². The van der Waals surface area contributed by atoms with Gasteiger partial charge in [-0.3, -0.25) is 4.55 Å². The van der Waals surface area contributed by atoms with Crippen LogP contribution in [0.4, 0.5) is 0 Å². The van der Waals surface area contributed by atoms with Crippen LogP contribution in [0.3, 0.4) is 0 Å².